The van der Waals surface area contributed by atoms with Crippen molar-refractivity contribution in [3.63, 3.8) is 0 Å². The molecule has 0 bridgehead atoms. The van der Waals surface area contributed by atoms with E-state index in [0.29, 0.717) is 33.9 Å². The summed E-state index contributed by atoms with van der Waals surface area (Å²) < 4.78 is 12.4. The van der Waals surface area contributed by atoms with Crippen molar-refractivity contribution in [2.45, 2.75) is 6.92 Å². The number of anilines is 1. The first kappa shape index (κ1) is 20.8. The number of carbonyl (C=O) groups excluding carboxylic acids is 1. The van der Waals surface area contributed by atoms with E-state index in [1.54, 1.807) is 6.07 Å². The lowest BCUT2D eigenvalue weighted by molar-refractivity contribution is 0.102. The summed E-state index contributed by atoms with van der Waals surface area (Å²) in [5.74, 6) is 0.659. The Morgan fingerprint density at radius 2 is 2.10 bits per heavy atom. The molecule has 4 rings (SSSR count). The first-order chi connectivity index (χ1) is 15.1. The van der Waals surface area contributed by atoms with E-state index in [1.807, 2.05) is 36.6 Å². The molecule has 4 aromatic rings. The highest BCUT2D eigenvalue weighted by atomic mass is 35.5. The molecule has 158 valence electrons. The predicted molar refractivity (Wildman–Crippen MR) is 117 cm³/mol. The Morgan fingerprint density at radius 3 is 2.84 bits per heavy atom. The van der Waals surface area contributed by atoms with Gasteiger partial charge >= 0.3 is 0 Å². The van der Waals surface area contributed by atoms with Crippen molar-refractivity contribution >= 4 is 34.0 Å². The van der Waals surface area contributed by atoms with Crippen LogP contribution in [0.5, 0.6) is 11.5 Å². The zero-order valence-corrected chi connectivity index (χ0v) is 18.1. The molecule has 2 aromatic carbocycles. The molecule has 0 atom stereocenters. The lowest BCUT2D eigenvalue weighted by Gasteiger charge is -2.11. The molecule has 1 N–H and O–H groups in total. The Morgan fingerprint density at radius 1 is 1.26 bits per heavy atom. The molecule has 0 aliphatic rings. The molecule has 0 radical (unpaired) electrons. The quantitative estimate of drug-likeness (QED) is 0.446. The first-order valence-electron chi connectivity index (χ1n) is 9.20. The van der Waals surface area contributed by atoms with Crippen LogP contribution >= 0.6 is 22.9 Å². The Labute approximate surface area is 186 Å². The van der Waals surface area contributed by atoms with Crippen molar-refractivity contribution in [1.29, 1.82) is 0 Å². The Balaban J connectivity index is 1.59. The summed E-state index contributed by atoms with van der Waals surface area (Å²) in [6.45, 7) is 2.47. The van der Waals surface area contributed by atoms with Gasteiger partial charge in [-0.15, -0.1) is 16.4 Å². The molecule has 0 fully saturated rings. The number of hydrogen-bond donors (Lipinski definition) is 1. The normalized spacial score (nSPS) is 10.7. The van der Waals surface area contributed by atoms with Crippen molar-refractivity contribution in [3.05, 3.63) is 58.7 Å². The van der Waals surface area contributed by atoms with Crippen LogP contribution < -0.4 is 14.8 Å². The highest BCUT2D eigenvalue weighted by Crippen LogP contribution is 2.33. The van der Waals surface area contributed by atoms with Crippen LogP contribution in [-0.2, 0) is 0 Å². The van der Waals surface area contributed by atoms with Crippen molar-refractivity contribution < 1.29 is 14.3 Å². The second-order valence-corrected chi connectivity index (χ2v) is 7.44. The average Bonchev–Trinajstić information content (AvgIpc) is 3.46. The minimum atomic E-state index is -0.402. The third kappa shape index (κ3) is 4.35. The zero-order chi connectivity index (χ0) is 21.8. The number of nitrogens with one attached hydrogen (secondary N) is 1. The van der Waals surface area contributed by atoms with E-state index in [-0.39, 0.29) is 5.56 Å². The zero-order valence-electron chi connectivity index (χ0n) is 16.6. The molecule has 0 aliphatic carbocycles. The number of amides is 1. The van der Waals surface area contributed by atoms with Gasteiger partial charge in [0.25, 0.3) is 5.91 Å². The summed E-state index contributed by atoms with van der Waals surface area (Å²) >= 11 is 7.66. The number of carbonyl (C=O) groups is 1. The summed E-state index contributed by atoms with van der Waals surface area (Å²) in [5.41, 5.74) is 2.32. The number of tetrazole rings is 1. The number of benzene rings is 2. The van der Waals surface area contributed by atoms with Crippen molar-refractivity contribution in [2.24, 2.45) is 0 Å². The molecule has 2 heterocycles. The van der Waals surface area contributed by atoms with Gasteiger partial charge in [0.15, 0.2) is 5.13 Å². The third-order valence-electron chi connectivity index (χ3n) is 4.30. The van der Waals surface area contributed by atoms with Crippen LogP contribution in [0.25, 0.3) is 16.9 Å². The topological polar surface area (TPSA) is 104 Å². The van der Waals surface area contributed by atoms with Crippen LogP contribution in [0.1, 0.15) is 17.3 Å². The highest BCUT2D eigenvalue weighted by Gasteiger charge is 2.19. The van der Waals surface area contributed by atoms with Crippen LogP contribution in [0.15, 0.2) is 48.1 Å². The molecule has 0 saturated carbocycles. The van der Waals surface area contributed by atoms with E-state index >= 15 is 0 Å². The van der Waals surface area contributed by atoms with E-state index in [2.05, 4.69) is 25.8 Å². The van der Waals surface area contributed by atoms with E-state index in [0.717, 1.165) is 11.3 Å². The SMILES string of the molecule is CCOc1ccccc1-c1csc(NC(=O)c2cc(Cl)c(-n3cnnn3)cc2OC)n1. The lowest BCUT2D eigenvalue weighted by Crippen LogP contribution is -2.14. The van der Waals surface area contributed by atoms with E-state index in [4.69, 9.17) is 21.1 Å². The standard InChI is InChI=1S/C20H17ClN6O3S/c1-3-30-17-7-5-4-6-12(17)15-10-31-20(23-15)24-19(28)13-8-14(21)16(9-18(13)29-2)27-11-22-25-26-27/h4-11H,3H2,1-2H3,(H,23,24,28). The van der Waals surface area contributed by atoms with Crippen LogP contribution in [0, 0.1) is 0 Å². The molecule has 11 heteroatoms. The maximum Gasteiger partial charge on any atom is 0.261 e. The third-order valence-corrected chi connectivity index (χ3v) is 5.36. The fourth-order valence-electron chi connectivity index (χ4n) is 2.92. The van der Waals surface area contributed by atoms with Gasteiger partial charge in [-0.25, -0.2) is 4.98 Å². The van der Waals surface area contributed by atoms with E-state index < -0.39 is 5.91 Å². The maximum atomic E-state index is 12.9. The number of methoxy groups -OCH3 is 1. The van der Waals surface area contributed by atoms with Crippen molar-refractivity contribution in [1.82, 2.24) is 25.2 Å². The predicted octanol–water partition coefficient (Wildman–Crippen LogP) is 4.10. The maximum absolute atomic E-state index is 12.9. The molecule has 1 amide bonds. The van der Waals surface area contributed by atoms with Gasteiger partial charge in [0.05, 0.1) is 35.7 Å². The summed E-state index contributed by atoms with van der Waals surface area (Å²) in [6, 6.07) is 10.7. The van der Waals surface area contributed by atoms with Gasteiger partial charge in [0.1, 0.15) is 17.8 Å². The fraction of sp³-hybridized carbons (Fsp3) is 0.150. The number of thiazole rings is 1. The highest BCUT2D eigenvalue weighted by molar-refractivity contribution is 7.14. The fourth-order valence-corrected chi connectivity index (χ4v) is 3.87. The molecule has 31 heavy (non-hydrogen) atoms. The van der Waals surface area contributed by atoms with Gasteiger partial charge in [-0.3, -0.25) is 10.1 Å². The Bertz CT molecular complexity index is 1210. The molecule has 0 aliphatic heterocycles. The summed E-state index contributed by atoms with van der Waals surface area (Å²) in [6.07, 6.45) is 1.40. The minimum absolute atomic E-state index is 0.260. The van der Waals surface area contributed by atoms with E-state index in [1.165, 1.54) is 35.5 Å². The monoisotopic (exact) mass is 456 g/mol. The Kier molecular flexibility index (Phi) is 6.10. The minimum Gasteiger partial charge on any atom is -0.496 e. The average molecular weight is 457 g/mol. The van der Waals surface area contributed by atoms with Gasteiger partial charge in [0.2, 0.25) is 0 Å². The van der Waals surface area contributed by atoms with Gasteiger partial charge in [-0.2, -0.15) is 4.68 Å². The van der Waals surface area contributed by atoms with Crippen LogP contribution in [0.2, 0.25) is 5.02 Å². The summed E-state index contributed by atoms with van der Waals surface area (Å²) in [4.78, 5) is 17.4. The van der Waals surface area contributed by atoms with E-state index in [9.17, 15) is 4.79 Å². The molecule has 2 aromatic heterocycles. The van der Waals surface area contributed by atoms with Gasteiger partial charge in [0, 0.05) is 17.0 Å². The second kappa shape index (κ2) is 9.11. The second-order valence-electron chi connectivity index (χ2n) is 6.18. The number of nitrogens with zero attached hydrogens (tertiary/aromatic N) is 5. The Hall–Kier alpha value is -3.50. The van der Waals surface area contributed by atoms with Gasteiger partial charge < -0.3 is 9.47 Å². The number of para-hydroxylation sites is 1. The van der Waals surface area contributed by atoms with Crippen LogP contribution in [0.3, 0.4) is 0 Å². The number of hydrogen-bond acceptors (Lipinski definition) is 8. The molecule has 9 nitrogen and oxygen atoms in total. The number of rotatable bonds is 7. The molecular weight excluding hydrogens is 440 g/mol. The van der Waals surface area contributed by atoms with Crippen LogP contribution in [0.4, 0.5) is 5.13 Å². The lowest BCUT2D eigenvalue weighted by atomic mass is 10.1. The first-order valence-corrected chi connectivity index (χ1v) is 10.5. The molecule has 0 saturated heterocycles. The molecule has 0 unspecified atom stereocenters. The number of halogens is 1. The smallest absolute Gasteiger partial charge is 0.261 e. The number of ether oxygens (including phenoxy) is 2. The summed E-state index contributed by atoms with van der Waals surface area (Å²) in [5, 5.41) is 16.4. The van der Waals surface area contributed by atoms with Gasteiger partial charge in [-0.05, 0) is 35.5 Å². The largest absolute Gasteiger partial charge is 0.496 e. The summed E-state index contributed by atoms with van der Waals surface area (Å²) in [7, 11) is 1.47. The molecular formula is C20H17ClN6O3S. The molecule has 0 spiro atoms. The van der Waals surface area contributed by atoms with Crippen molar-refractivity contribution in [2.75, 3.05) is 19.0 Å². The number of aromatic nitrogens is 5. The van der Waals surface area contributed by atoms with Gasteiger partial charge in [-0.1, -0.05) is 23.7 Å². The van der Waals surface area contributed by atoms with Crippen molar-refractivity contribution in [3.8, 4) is 28.4 Å². The van der Waals surface area contributed by atoms with Crippen LogP contribution in [-0.4, -0.2) is 44.8 Å².